The van der Waals surface area contributed by atoms with E-state index in [2.05, 4.69) is 41.8 Å². The maximum Gasteiger partial charge on any atom is 0.0485 e. The molecule has 0 aromatic heterocycles. The number of halogens is 1. The third-order valence-electron chi connectivity index (χ3n) is 4.21. The topological polar surface area (TPSA) is 24.1 Å². The van der Waals surface area contributed by atoms with E-state index in [1.54, 1.807) is 0 Å². The fourth-order valence-electron chi connectivity index (χ4n) is 3.04. The summed E-state index contributed by atoms with van der Waals surface area (Å²) in [4.78, 5) is 0. The van der Waals surface area contributed by atoms with Crippen LogP contribution < -0.4 is 10.6 Å². The van der Waals surface area contributed by atoms with Crippen molar-refractivity contribution in [2.24, 2.45) is 0 Å². The molecule has 0 aliphatic carbocycles. The lowest BCUT2D eigenvalue weighted by Gasteiger charge is -2.30. The quantitative estimate of drug-likeness (QED) is 0.873. The van der Waals surface area contributed by atoms with Crippen LogP contribution in [0.1, 0.15) is 26.2 Å². The highest BCUT2D eigenvalue weighted by atomic mass is 35.5. The minimum Gasteiger partial charge on any atom is -0.381 e. The van der Waals surface area contributed by atoms with Gasteiger partial charge < -0.3 is 10.6 Å². The van der Waals surface area contributed by atoms with Crippen molar-refractivity contribution < 1.29 is 0 Å². The first kappa shape index (κ1) is 13.7. The molecule has 1 heterocycles. The third-order valence-corrected chi connectivity index (χ3v) is 4.54. The molecule has 0 amide bonds. The molecule has 2 aromatic rings. The van der Waals surface area contributed by atoms with Crippen LogP contribution in [-0.4, -0.2) is 18.6 Å². The predicted molar refractivity (Wildman–Crippen MR) is 87.7 cm³/mol. The second kappa shape index (κ2) is 6.02. The average Bonchev–Trinajstić information content (AvgIpc) is 2.51. The lowest BCUT2D eigenvalue weighted by molar-refractivity contribution is 0.373. The molecule has 20 heavy (non-hydrogen) atoms. The summed E-state index contributed by atoms with van der Waals surface area (Å²) in [5, 5.41) is 10.4. The maximum atomic E-state index is 6.27. The Hall–Kier alpha value is -1.25. The van der Waals surface area contributed by atoms with Gasteiger partial charge in [-0.05, 0) is 38.4 Å². The van der Waals surface area contributed by atoms with E-state index in [1.807, 2.05) is 12.1 Å². The molecule has 3 heteroatoms. The van der Waals surface area contributed by atoms with Gasteiger partial charge in [0.1, 0.15) is 0 Å². The van der Waals surface area contributed by atoms with Gasteiger partial charge in [-0.1, -0.05) is 42.3 Å². The molecule has 2 unspecified atom stereocenters. The number of anilines is 1. The van der Waals surface area contributed by atoms with Gasteiger partial charge in [-0.2, -0.15) is 0 Å². The first-order valence-electron chi connectivity index (χ1n) is 7.43. The van der Waals surface area contributed by atoms with E-state index in [-0.39, 0.29) is 0 Å². The summed E-state index contributed by atoms with van der Waals surface area (Å²) in [5.74, 6) is 0. The van der Waals surface area contributed by atoms with Crippen LogP contribution in [0.2, 0.25) is 5.02 Å². The highest BCUT2D eigenvalue weighted by Crippen LogP contribution is 2.30. The Morgan fingerprint density at radius 2 is 1.95 bits per heavy atom. The van der Waals surface area contributed by atoms with Crippen LogP contribution in [0.4, 0.5) is 5.69 Å². The van der Waals surface area contributed by atoms with E-state index < -0.39 is 0 Å². The summed E-state index contributed by atoms with van der Waals surface area (Å²) in [5.41, 5.74) is 1.17. The van der Waals surface area contributed by atoms with Crippen molar-refractivity contribution in [2.45, 2.75) is 38.3 Å². The highest BCUT2D eigenvalue weighted by molar-refractivity contribution is 6.36. The lowest BCUT2D eigenvalue weighted by Crippen LogP contribution is -2.45. The normalized spacial score (nSPS) is 20.8. The molecule has 1 aliphatic rings. The summed E-state index contributed by atoms with van der Waals surface area (Å²) < 4.78 is 0. The smallest absolute Gasteiger partial charge is 0.0485 e. The Morgan fingerprint density at radius 3 is 2.70 bits per heavy atom. The monoisotopic (exact) mass is 288 g/mol. The average molecular weight is 289 g/mol. The lowest BCUT2D eigenvalue weighted by atomic mass is 9.98. The molecule has 2 N–H and O–H groups in total. The Kier molecular flexibility index (Phi) is 4.13. The van der Waals surface area contributed by atoms with Gasteiger partial charge in [0, 0.05) is 33.6 Å². The van der Waals surface area contributed by atoms with Crippen LogP contribution in [0.5, 0.6) is 0 Å². The zero-order chi connectivity index (χ0) is 13.9. The van der Waals surface area contributed by atoms with Crippen molar-refractivity contribution in [2.75, 3.05) is 11.9 Å². The zero-order valence-corrected chi connectivity index (χ0v) is 12.6. The Labute approximate surface area is 125 Å². The number of rotatable bonds is 3. The van der Waals surface area contributed by atoms with E-state index in [4.69, 9.17) is 11.6 Å². The first-order valence-corrected chi connectivity index (χ1v) is 7.80. The molecule has 2 atom stereocenters. The third kappa shape index (κ3) is 2.77. The van der Waals surface area contributed by atoms with Crippen molar-refractivity contribution >= 4 is 28.1 Å². The zero-order valence-electron chi connectivity index (χ0n) is 11.8. The summed E-state index contributed by atoms with van der Waals surface area (Å²) in [6.07, 6.45) is 3.87. The SMILES string of the molecule is CC(Nc1ccc(Cl)c2ccccc12)C1CCCCN1. The van der Waals surface area contributed by atoms with E-state index in [0.29, 0.717) is 12.1 Å². The van der Waals surface area contributed by atoms with Crippen molar-refractivity contribution in [3.63, 3.8) is 0 Å². The minimum absolute atomic E-state index is 0.417. The Morgan fingerprint density at radius 1 is 1.15 bits per heavy atom. The predicted octanol–water partition coefficient (Wildman–Crippen LogP) is 4.44. The number of benzene rings is 2. The van der Waals surface area contributed by atoms with E-state index in [9.17, 15) is 0 Å². The number of nitrogens with one attached hydrogen (secondary N) is 2. The molecule has 0 saturated carbocycles. The largest absolute Gasteiger partial charge is 0.381 e. The molecular weight excluding hydrogens is 268 g/mol. The van der Waals surface area contributed by atoms with E-state index >= 15 is 0 Å². The van der Waals surface area contributed by atoms with Gasteiger partial charge in [-0.25, -0.2) is 0 Å². The van der Waals surface area contributed by atoms with Crippen molar-refractivity contribution in [1.29, 1.82) is 0 Å². The van der Waals surface area contributed by atoms with Crippen molar-refractivity contribution in [3.05, 3.63) is 41.4 Å². The van der Waals surface area contributed by atoms with Gasteiger partial charge in [0.05, 0.1) is 0 Å². The van der Waals surface area contributed by atoms with Crippen LogP contribution in [0.15, 0.2) is 36.4 Å². The number of fused-ring (bicyclic) bond motifs is 1. The van der Waals surface area contributed by atoms with Crippen LogP contribution >= 0.6 is 11.6 Å². The van der Waals surface area contributed by atoms with Crippen molar-refractivity contribution in [1.82, 2.24) is 5.32 Å². The van der Waals surface area contributed by atoms with Crippen LogP contribution in [0, 0.1) is 0 Å². The number of hydrogen-bond acceptors (Lipinski definition) is 2. The second-order valence-electron chi connectivity index (χ2n) is 5.63. The molecule has 3 rings (SSSR count). The van der Waals surface area contributed by atoms with Crippen LogP contribution in [-0.2, 0) is 0 Å². The van der Waals surface area contributed by atoms with Gasteiger partial charge >= 0.3 is 0 Å². The molecule has 0 bridgehead atoms. The van der Waals surface area contributed by atoms with E-state index in [1.165, 1.54) is 30.3 Å². The van der Waals surface area contributed by atoms with Gasteiger partial charge in [0.25, 0.3) is 0 Å². The molecule has 0 radical (unpaired) electrons. The van der Waals surface area contributed by atoms with Gasteiger partial charge in [-0.3, -0.25) is 0 Å². The summed E-state index contributed by atoms with van der Waals surface area (Å²) >= 11 is 6.27. The fraction of sp³-hybridized carbons (Fsp3) is 0.412. The molecule has 106 valence electrons. The molecule has 1 aliphatic heterocycles. The van der Waals surface area contributed by atoms with E-state index in [0.717, 1.165) is 17.0 Å². The second-order valence-corrected chi connectivity index (χ2v) is 6.04. The Bertz CT molecular complexity index is 591. The summed E-state index contributed by atoms with van der Waals surface area (Å²) in [6, 6.07) is 13.3. The maximum absolute atomic E-state index is 6.27. The van der Waals surface area contributed by atoms with Gasteiger partial charge in [0.2, 0.25) is 0 Å². The summed E-state index contributed by atoms with van der Waals surface area (Å²) in [7, 11) is 0. The minimum atomic E-state index is 0.417. The molecule has 0 spiro atoms. The standard InChI is InChI=1S/C17H21ClN2/c1-12(16-8-4-5-11-19-16)20-17-10-9-15(18)13-6-2-3-7-14(13)17/h2-3,6-7,9-10,12,16,19-20H,4-5,8,11H2,1H3. The molecule has 1 saturated heterocycles. The molecule has 1 fully saturated rings. The molecule has 2 nitrogen and oxygen atoms in total. The first-order chi connectivity index (χ1) is 9.75. The van der Waals surface area contributed by atoms with Gasteiger partial charge in [-0.15, -0.1) is 0 Å². The fourth-order valence-corrected chi connectivity index (χ4v) is 3.27. The molecule has 2 aromatic carbocycles. The highest BCUT2D eigenvalue weighted by Gasteiger charge is 2.19. The number of piperidine rings is 1. The summed E-state index contributed by atoms with van der Waals surface area (Å²) in [6.45, 7) is 3.39. The van der Waals surface area contributed by atoms with Crippen molar-refractivity contribution in [3.8, 4) is 0 Å². The Balaban J connectivity index is 1.85. The van der Waals surface area contributed by atoms with Crippen LogP contribution in [0.25, 0.3) is 10.8 Å². The van der Waals surface area contributed by atoms with Gasteiger partial charge in [0.15, 0.2) is 0 Å². The molecular formula is C17H21ClN2. The van der Waals surface area contributed by atoms with Crippen LogP contribution in [0.3, 0.4) is 0 Å². The number of hydrogen-bond donors (Lipinski definition) is 2.